The fourth-order valence-electron chi connectivity index (χ4n) is 4.14. The minimum Gasteiger partial charge on any atom is -0.376 e. The van der Waals surface area contributed by atoms with Gasteiger partial charge >= 0.3 is 0 Å². The molecule has 0 amide bonds. The first kappa shape index (κ1) is 22.1. The third kappa shape index (κ3) is 4.53. The van der Waals surface area contributed by atoms with Gasteiger partial charge in [0.1, 0.15) is 11.5 Å². The van der Waals surface area contributed by atoms with Gasteiger partial charge in [-0.1, -0.05) is 29.5 Å². The number of rotatable bonds is 7. The number of hydrogen-bond acceptors (Lipinski definition) is 7. The van der Waals surface area contributed by atoms with E-state index in [9.17, 15) is 0 Å². The molecule has 1 atom stereocenters. The summed E-state index contributed by atoms with van der Waals surface area (Å²) in [6.45, 7) is 5.68. The Morgan fingerprint density at radius 2 is 2.12 bits per heavy atom. The van der Waals surface area contributed by atoms with Gasteiger partial charge in [-0.05, 0) is 56.6 Å². The Balaban J connectivity index is 1.45. The molecule has 172 valence electrons. The summed E-state index contributed by atoms with van der Waals surface area (Å²) in [4.78, 5) is 0. The minimum atomic E-state index is 0.160. The van der Waals surface area contributed by atoms with E-state index in [4.69, 9.17) is 17.0 Å². The van der Waals surface area contributed by atoms with Crippen molar-refractivity contribution in [2.45, 2.75) is 50.2 Å². The largest absolute Gasteiger partial charge is 0.376 e. The van der Waals surface area contributed by atoms with E-state index in [0.29, 0.717) is 17.1 Å². The predicted molar refractivity (Wildman–Crippen MR) is 129 cm³/mol. The summed E-state index contributed by atoms with van der Waals surface area (Å²) in [6.07, 6.45) is 4.19. The van der Waals surface area contributed by atoms with Crippen LogP contribution in [0, 0.1) is 18.6 Å². The fraction of sp³-hybridized carbons (Fsp3) is 0.409. The van der Waals surface area contributed by atoms with Crippen molar-refractivity contribution in [1.29, 1.82) is 0 Å². The molecule has 5 rings (SSSR count). The van der Waals surface area contributed by atoms with Crippen molar-refractivity contribution in [2.24, 2.45) is 7.05 Å². The van der Waals surface area contributed by atoms with E-state index < -0.39 is 0 Å². The van der Waals surface area contributed by atoms with Crippen LogP contribution < -0.4 is 0 Å². The molecule has 0 saturated carbocycles. The molecule has 4 heterocycles. The summed E-state index contributed by atoms with van der Waals surface area (Å²) in [5.74, 6) is 2.18. The molecule has 9 nitrogen and oxygen atoms in total. The van der Waals surface area contributed by atoms with Crippen molar-refractivity contribution in [2.75, 3.05) is 6.61 Å². The number of aromatic nitrogens is 8. The van der Waals surface area contributed by atoms with E-state index in [-0.39, 0.29) is 6.10 Å². The van der Waals surface area contributed by atoms with Gasteiger partial charge in [0.25, 0.3) is 0 Å². The van der Waals surface area contributed by atoms with Crippen LogP contribution in [0.4, 0.5) is 0 Å². The lowest BCUT2D eigenvalue weighted by molar-refractivity contribution is 0.0953. The van der Waals surface area contributed by atoms with Crippen LogP contribution in [0.25, 0.3) is 17.2 Å². The van der Waals surface area contributed by atoms with E-state index in [0.717, 1.165) is 53.2 Å². The number of aryl methyl sites for hydroxylation is 3. The van der Waals surface area contributed by atoms with Crippen molar-refractivity contribution in [3.8, 4) is 17.2 Å². The lowest BCUT2D eigenvalue weighted by Crippen LogP contribution is -2.17. The molecular formula is C22H26N8OS2. The van der Waals surface area contributed by atoms with Crippen LogP contribution >= 0.6 is 24.0 Å². The predicted octanol–water partition coefficient (Wildman–Crippen LogP) is 4.01. The Hall–Kier alpha value is -2.76. The number of thioether (sulfide) groups is 1. The van der Waals surface area contributed by atoms with Gasteiger partial charge in [-0.25, -0.2) is 0 Å². The topological polar surface area (TPSA) is 91.4 Å². The number of benzene rings is 1. The maximum Gasteiger partial charge on any atom is 0.199 e. The lowest BCUT2D eigenvalue weighted by atomic mass is 10.1. The second-order valence-electron chi connectivity index (χ2n) is 8.29. The maximum atomic E-state index is 5.90. The van der Waals surface area contributed by atoms with Crippen LogP contribution in [0.3, 0.4) is 0 Å². The number of aromatic amines is 1. The lowest BCUT2D eigenvalue weighted by Gasteiger charge is -2.14. The summed E-state index contributed by atoms with van der Waals surface area (Å²) in [5, 5.41) is 21.8. The van der Waals surface area contributed by atoms with Crippen molar-refractivity contribution in [3.05, 3.63) is 52.2 Å². The highest BCUT2D eigenvalue weighted by Gasteiger charge is 2.23. The zero-order valence-electron chi connectivity index (χ0n) is 18.9. The molecule has 0 bridgehead atoms. The van der Waals surface area contributed by atoms with E-state index in [1.165, 1.54) is 5.56 Å². The molecule has 1 aliphatic rings. The highest BCUT2D eigenvalue weighted by Crippen LogP contribution is 2.28. The smallest absolute Gasteiger partial charge is 0.199 e. The van der Waals surface area contributed by atoms with Gasteiger partial charge in [-0.3, -0.25) is 18.9 Å². The SMILES string of the molecule is Cc1ccc(-n2c(CSc3nnc(-c4ccn(C)n4)n3C[C@@H]3CCCO3)n[nH]c2=S)c(C)c1. The van der Waals surface area contributed by atoms with E-state index in [2.05, 4.69) is 62.1 Å². The van der Waals surface area contributed by atoms with Crippen LogP contribution in [-0.4, -0.2) is 52.0 Å². The number of hydrogen-bond donors (Lipinski definition) is 1. The summed E-state index contributed by atoms with van der Waals surface area (Å²) >= 11 is 7.13. The minimum absolute atomic E-state index is 0.160. The molecule has 4 aromatic rings. The summed E-state index contributed by atoms with van der Waals surface area (Å²) < 4.78 is 12.4. The van der Waals surface area contributed by atoms with Crippen LogP contribution in [0.2, 0.25) is 0 Å². The molecule has 1 aromatic carbocycles. The molecular weight excluding hydrogens is 456 g/mol. The molecule has 0 spiro atoms. The van der Waals surface area contributed by atoms with E-state index >= 15 is 0 Å². The molecule has 11 heteroatoms. The standard InChI is InChI=1S/C22H26N8OS2/c1-14-6-7-18(15(2)11-14)30-19(23-25-21(30)32)13-33-22-26-24-20(17-8-9-28(3)27-17)29(22)12-16-5-4-10-31-16/h6-9,11,16H,4-5,10,12-13H2,1-3H3,(H,25,32)/t16-/m0/s1. The van der Waals surface area contributed by atoms with Crippen molar-refractivity contribution < 1.29 is 4.74 Å². The molecule has 3 aromatic heterocycles. The van der Waals surface area contributed by atoms with Crippen LogP contribution in [0.15, 0.2) is 35.6 Å². The van der Waals surface area contributed by atoms with Gasteiger partial charge in [0, 0.05) is 19.9 Å². The first-order chi connectivity index (χ1) is 16.0. The Kier molecular flexibility index (Phi) is 6.17. The normalized spacial score (nSPS) is 16.0. The Morgan fingerprint density at radius 3 is 2.85 bits per heavy atom. The highest BCUT2D eigenvalue weighted by atomic mass is 32.2. The Morgan fingerprint density at radius 1 is 1.24 bits per heavy atom. The molecule has 0 unspecified atom stereocenters. The first-order valence-electron chi connectivity index (χ1n) is 10.9. The van der Waals surface area contributed by atoms with Crippen LogP contribution in [0.1, 0.15) is 29.8 Å². The van der Waals surface area contributed by atoms with Gasteiger partial charge in [-0.15, -0.1) is 10.2 Å². The van der Waals surface area contributed by atoms with Crippen LogP contribution in [-0.2, 0) is 24.1 Å². The van der Waals surface area contributed by atoms with Gasteiger partial charge < -0.3 is 4.74 Å². The molecule has 1 fully saturated rings. The van der Waals surface area contributed by atoms with Crippen molar-refractivity contribution in [3.63, 3.8) is 0 Å². The summed E-state index contributed by atoms with van der Waals surface area (Å²) in [7, 11) is 1.90. The van der Waals surface area contributed by atoms with Gasteiger partial charge in [-0.2, -0.15) is 10.2 Å². The molecule has 1 aliphatic heterocycles. The quantitative estimate of drug-likeness (QED) is 0.314. The number of nitrogens with one attached hydrogen (secondary N) is 1. The average molecular weight is 483 g/mol. The monoisotopic (exact) mass is 482 g/mol. The van der Waals surface area contributed by atoms with Gasteiger partial charge in [0.05, 0.1) is 24.1 Å². The summed E-state index contributed by atoms with van der Waals surface area (Å²) in [5.41, 5.74) is 4.20. The summed E-state index contributed by atoms with van der Waals surface area (Å²) in [6, 6.07) is 8.28. The third-order valence-electron chi connectivity index (χ3n) is 5.74. The molecule has 0 radical (unpaired) electrons. The van der Waals surface area contributed by atoms with Crippen molar-refractivity contribution >= 4 is 24.0 Å². The van der Waals surface area contributed by atoms with Gasteiger partial charge in [0.2, 0.25) is 0 Å². The second-order valence-corrected chi connectivity index (χ2v) is 9.61. The second kappa shape index (κ2) is 9.24. The number of ether oxygens (including phenoxy) is 1. The Bertz CT molecular complexity index is 1330. The molecule has 1 saturated heterocycles. The van der Waals surface area contributed by atoms with E-state index in [1.807, 2.05) is 23.9 Å². The highest BCUT2D eigenvalue weighted by molar-refractivity contribution is 7.98. The molecule has 1 N–H and O–H groups in total. The first-order valence-corrected chi connectivity index (χ1v) is 12.3. The zero-order valence-corrected chi connectivity index (χ0v) is 20.5. The number of nitrogens with zero attached hydrogens (tertiary/aromatic N) is 7. The zero-order chi connectivity index (χ0) is 22.9. The van der Waals surface area contributed by atoms with Crippen molar-refractivity contribution in [1.82, 2.24) is 39.3 Å². The third-order valence-corrected chi connectivity index (χ3v) is 6.97. The number of H-pyrrole nitrogens is 1. The Labute approximate surface area is 201 Å². The van der Waals surface area contributed by atoms with E-state index in [1.54, 1.807) is 16.4 Å². The molecule has 33 heavy (non-hydrogen) atoms. The van der Waals surface area contributed by atoms with Crippen LogP contribution in [0.5, 0.6) is 0 Å². The molecule has 0 aliphatic carbocycles. The average Bonchev–Trinajstić information content (AvgIpc) is 3.57. The maximum absolute atomic E-state index is 5.90. The fourth-order valence-corrected chi connectivity index (χ4v) is 5.25. The van der Waals surface area contributed by atoms with Gasteiger partial charge in [0.15, 0.2) is 15.8 Å².